The zero-order chi connectivity index (χ0) is 16.4. The SMILES string of the molecule is CC(C)c1ccccc1NC(=O)Cc1c[nH]c2cc(Cl)ccc12. The van der Waals surface area contributed by atoms with Crippen molar-refractivity contribution in [3.05, 3.63) is 64.8 Å². The minimum absolute atomic E-state index is 0.0195. The lowest BCUT2D eigenvalue weighted by Gasteiger charge is -2.13. The van der Waals surface area contributed by atoms with Crippen molar-refractivity contribution in [2.24, 2.45) is 0 Å². The fraction of sp³-hybridized carbons (Fsp3) is 0.211. The van der Waals surface area contributed by atoms with Crippen LogP contribution in [0.15, 0.2) is 48.7 Å². The van der Waals surface area contributed by atoms with Crippen molar-refractivity contribution in [2.75, 3.05) is 5.32 Å². The molecular weight excluding hydrogens is 308 g/mol. The molecule has 2 aromatic carbocycles. The molecule has 23 heavy (non-hydrogen) atoms. The quantitative estimate of drug-likeness (QED) is 0.686. The molecule has 1 aromatic heterocycles. The molecule has 4 heteroatoms. The predicted octanol–water partition coefficient (Wildman–Crippen LogP) is 5.13. The first-order valence-electron chi connectivity index (χ1n) is 7.69. The Balaban J connectivity index is 1.79. The van der Waals surface area contributed by atoms with Crippen LogP contribution in [0.5, 0.6) is 0 Å². The van der Waals surface area contributed by atoms with Gasteiger partial charge in [-0.1, -0.05) is 49.7 Å². The standard InChI is InChI=1S/C19H19ClN2O/c1-12(2)15-5-3-4-6-17(15)22-19(23)9-13-11-21-18-10-14(20)7-8-16(13)18/h3-8,10-12,21H,9H2,1-2H3,(H,22,23). The number of hydrogen-bond acceptors (Lipinski definition) is 1. The molecule has 0 radical (unpaired) electrons. The zero-order valence-electron chi connectivity index (χ0n) is 13.2. The lowest BCUT2D eigenvalue weighted by Crippen LogP contribution is -2.15. The van der Waals surface area contributed by atoms with Gasteiger partial charge in [0.2, 0.25) is 5.91 Å². The molecule has 0 aliphatic rings. The highest BCUT2D eigenvalue weighted by Gasteiger charge is 2.12. The largest absolute Gasteiger partial charge is 0.361 e. The van der Waals surface area contributed by atoms with E-state index in [-0.39, 0.29) is 5.91 Å². The number of para-hydroxylation sites is 1. The van der Waals surface area contributed by atoms with Crippen molar-refractivity contribution in [3.63, 3.8) is 0 Å². The molecule has 0 saturated heterocycles. The first kappa shape index (κ1) is 15.6. The molecule has 3 aromatic rings. The van der Waals surface area contributed by atoms with Gasteiger partial charge in [-0.25, -0.2) is 0 Å². The maximum atomic E-state index is 12.4. The van der Waals surface area contributed by atoms with Crippen molar-refractivity contribution in [3.8, 4) is 0 Å². The Bertz CT molecular complexity index is 851. The van der Waals surface area contributed by atoms with E-state index < -0.39 is 0 Å². The molecule has 0 fully saturated rings. The van der Waals surface area contributed by atoms with Crippen LogP contribution in [-0.2, 0) is 11.2 Å². The molecule has 1 heterocycles. The van der Waals surface area contributed by atoms with Crippen LogP contribution in [0.1, 0.15) is 30.9 Å². The molecular formula is C19H19ClN2O. The summed E-state index contributed by atoms with van der Waals surface area (Å²) in [4.78, 5) is 15.6. The topological polar surface area (TPSA) is 44.9 Å². The average molecular weight is 327 g/mol. The molecule has 0 bridgehead atoms. The summed E-state index contributed by atoms with van der Waals surface area (Å²) < 4.78 is 0. The van der Waals surface area contributed by atoms with Crippen molar-refractivity contribution < 1.29 is 4.79 Å². The average Bonchev–Trinajstić information content (AvgIpc) is 2.89. The van der Waals surface area contributed by atoms with Crippen LogP contribution in [-0.4, -0.2) is 10.9 Å². The summed E-state index contributed by atoms with van der Waals surface area (Å²) in [6.07, 6.45) is 2.20. The molecule has 118 valence electrons. The number of rotatable bonds is 4. The van der Waals surface area contributed by atoms with Crippen LogP contribution in [0.4, 0.5) is 5.69 Å². The molecule has 0 aliphatic heterocycles. The van der Waals surface area contributed by atoms with E-state index in [4.69, 9.17) is 11.6 Å². The maximum Gasteiger partial charge on any atom is 0.228 e. The molecule has 1 amide bonds. The Labute approximate surface area is 140 Å². The number of anilines is 1. The van der Waals surface area contributed by atoms with Crippen molar-refractivity contribution in [1.82, 2.24) is 4.98 Å². The molecule has 3 nitrogen and oxygen atoms in total. The van der Waals surface area contributed by atoms with Crippen LogP contribution < -0.4 is 5.32 Å². The fourth-order valence-electron chi connectivity index (χ4n) is 2.79. The second-order valence-corrected chi connectivity index (χ2v) is 6.41. The lowest BCUT2D eigenvalue weighted by atomic mass is 10.0. The normalized spacial score (nSPS) is 11.1. The Morgan fingerprint density at radius 2 is 2.00 bits per heavy atom. The lowest BCUT2D eigenvalue weighted by molar-refractivity contribution is -0.115. The molecule has 0 atom stereocenters. The third-order valence-corrected chi connectivity index (χ3v) is 4.17. The molecule has 0 saturated carbocycles. The van der Waals surface area contributed by atoms with Gasteiger partial charge in [0.25, 0.3) is 0 Å². The molecule has 0 spiro atoms. The summed E-state index contributed by atoms with van der Waals surface area (Å²) >= 11 is 5.99. The van der Waals surface area contributed by atoms with Crippen molar-refractivity contribution in [2.45, 2.75) is 26.2 Å². The van der Waals surface area contributed by atoms with Crippen molar-refractivity contribution >= 4 is 34.1 Å². The zero-order valence-corrected chi connectivity index (χ0v) is 13.9. The number of carbonyl (C=O) groups excluding carboxylic acids is 1. The number of aromatic nitrogens is 1. The minimum atomic E-state index is -0.0195. The van der Waals surface area contributed by atoms with E-state index >= 15 is 0 Å². The summed E-state index contributed by atoms with van der Waals surface area (Å²) in [6, 6.07) is 13.6. The van der Waals surface area contributed by atoms with Crippen LogP contribution in [0.3, 0.4) is 0 Å². The second kappa shape index (κ2) is 6.47. The Hall–Kier alpha value is -2.26. The minimum Gasteiger partial charge on any atom is -0.361 e. The van der Waals surface area contributed by atoms with Crippen LogP contribution in [0.25, 0.3) is 10.9 Å². The second-order valence-electron chi connectivity index (χ2n) is 5.97. The third-order valence-electron chi connectivity index (χ3n) is 3.94. The monoisotopic (exact) mass is 326 g/mol. The van der Waals surface area contributed by atoms with Crippen LogP contribution in [0.2, 0.25) is 5.02 Å². The van der Waals surface area contributed by atoms with Gasteiger partial charge in [0.15, 0.2) is 0 Å². The van der Waals surface area contributed by atoms with Gasteiger partial charge in [0.1, 0.15) is 0 Å². The van der Waals surface area contributed by atoms with E-state index in [1.54, 1.807) is 0 Å². The summed E-state index contributed by atoms with van der Waals surface area (Å²) in [5.41, 5.74) is 3.95. The van der Waals surface area contributed by atoms with Gasteiger partial charge in [0, 0.05) is 27.8 Å². The summed E-state index contributed by atoms with van der Waals surface area (Å²) in [7, 11) is 0. The number of aromatic amines is 1. The fourth-order valence-corrected chi connectivity index (χ4v) is 2.96. The number of hydrogen-bond donors (Lipinski definition) is 2. The first-order chi connectivity index (χ1) is 11.0. The van der Waals surface area contributed by atoms with E-state index in [2.05, 4.69) is 24.1 Å². The van der Waals surface area contributed by atoms with Gasteiger partial charge in [0.05, 0.1) is 6.42 Å². The van der Waals surface area contributed by atoms with E-state index in [1.165, 1.54) is 0 Å². The van der Waals surface area contributed by atoms with Crippen LogP contribution >= 0.6 is 11.6 Å². The molecule has 0 unspecified atom stereocenters. The van der Waals surface area contributed by atoms with Gasteiger partial charge >= 0.3 is 0 Å². The van der Waals surface area contributed by atoms with Gasteiger partial charge in [-0.05, 0) is 35.2 Å². The van der Waals surface area contributed by atoms with Gasteiger partial charge in [-0.3, -0.25) is 4.79 Å². The van der Waals surface area contributed by atoms with Crippen molar-refractivity contribution in [1.29, 1.82) is 0 Å². The number of H-pyrrole nitrogens is 1. The number of amides is 1. The summed E-state index contributed by atoms with van der Waals surface area (Å²) in [5, 5.41) is 4.74. The maximum absolute atomic E-state index is 12.4. The van der Waals surface area contributed by atoms with Crippen LogP contribution in [0, 0.1) is 0 Å². The highest BCUT2D eigenvalue weighted by molar-refractivity contribution is 6.31. The number of fused-ring (bicyclic) bond motifs is 1. The molecule has 3 rings (SSSR count). The van der Waals surface area contributed by atoms with Gasteiger partial charge in [-0.15, -0.1) is 0 Å². The van der Waals surface area contributed by atoms with E-state index in [9.17, 15) is 4.79 Å². The summed E-state index contributed by atoms with van der Waals surface area (Å²) in [5.74, 6) is 0.343. The third kappa shape index (κ3) is 3.40. The molecule has 0 aliphatic carbocycles. The predicted molar refractivity (Wildman–Crippen MR) is 96.2 cm³/mol. The Kier molecular flexibility index (Phi) is 4.39. The Morgan fingerprint density at radius 3 is 2.78 bits per heavy atom. The number of carbonyl (C=O) groups is 1. The highest BCUT2D eigenvalue weighted by atomic mass is 35.5. The smallest absolute Gasteiger partial charge is 0.228 e. The molecule has 2 N–H and O–H groups in total. The summed E-state index contributed by atoms with van der Waals surface area (Å²) in [6.45, 7) is 4.24. The van der Waals surface area contributed by atoms with Gasteiger partial charge in [-0.2, -0.15) is 0 Å². The number of benzene rings is 2. The van der Waals surface area contributed by atoms with E-state index in [1.807, 2.05) is 48.7 Å². The highest BCUT2D eigenvalue weighted by Crippen LogP contribution is 2.25. The van der Waals surface area contributed by atoms with Gasteiger partial charge < -0.3 is 10.3 Å². The number of nitrogens with one attached hydrogen (secondary N) is 2. The first-order valence-corrected chi connectivity index (χ1v) is 8.06. The van der Waals surface area contributed by atoms with E-state index in [0.29, 0.717) is 17.4 Å². The number of halogens is 1. The van der Waals surface area contributed by atoms with E-state index in [0.717, 1.165) is 27.7 Å². The Morgan fingerprint density at radius 1 is 1.22 bits per heavy atom.